The zero-order chi connectivity index (χ0) is 18.8. The number of benzene rings is 1. The van der Waals surface area contributed by atoms with E-state index in [0.717, 1.165) is 23.5 Å². The molecule has 1 aliphatic heterocycles. The van der Waals surface area contributed by atoms with Crippen LogP contribution in [0.3, 0.4) is 0 Å². The van der Waals surface area contributed by atoms with Crippen LogP contribution in [-0.4, -0.2) is 46.9 Å². The van der Waals surface area contributed by atoms with Gasteiger partial charge in [0.2, 0.25) is 0 Å². The van der Waals surface area contributed by atoms with E-state index < -0.39 is 0 Å². The normalized spacial score (nSPS) is 15.3. The van der Waals surface area contributed by atoms with Gasteiger partial charge in [-0.1, -0.05) is 41.4 Å². The number of aromatic nitrogens is 1. The van der Waals surface area contributed by atoms with Gasteiger partial charge in [-0.25, -0.2) is 4.98 Å². The van der Waals surface area contributed by atoms with E-state index in [-0.39, 0.29) is 5.91 Å². The van der Waals surface area contributed by atoms with Gasteiger partial charge < -0.3 is 9.32 Å². The van der Waals surface area contributed by atoms with E-state index >= 15 is 0 Å². The van der Waals surface area contributed by atoms with Crippen molar-refractivity contribution in [3.63, 3.8) is 0 Å². The lowest BCUT2D eigenvalue weighted by Gasteiger charge is -2.34. The number of carbonyl (C=O) groups is 1. The molecule has 3 aromatic rings. The number of halogens is 2. The first-order valence-electron chi connectivity index (χ1n) is 8.55. The molecule has 3 heterocycles. The van der Waals surface area contributed by atoms with Gasteiger partial charge in [0.25, 0.3) is 5.91 Å². The second-order valence-corrected chi connectivity index (χ2v) is 8.02. The van der Waals surface area contributed by atoms with Crippen molar-refractivity contribution >= 4 is 40.4 Å². The van der Waals surface area contributed by atoms with Crippen LogP contribution in [-0.2, 0) is 6.54 Å². The van der Waals surface area contributed by atoms with Crippen molar-refractivity contribution in [1.82, 2.24) is 14.8 Å². The third-order valence-corrected chi connectivity index (χ3v) is 6.33. The standard InChI is InChI=1S/C19H17Cl2N3O2S/c20-14-4-1-3-13(16(14)21)11-23-6-8-24(9-7-23)19(25)17-18(26-12-22-17)15-5-2-10-27-15/h1-5,10,12H,6-9,11H2. The SMILES string of the molecule is O=C(c1ncoc1-c1cccs1)N1CCN(Cc2cccc(Cl)c2Cl)CC1. The Morgan fingerprint density at radius 2 is 1.96 bits per heavy atom. The van der Waals surface area contributed by atoms with Crippen LogP contribution in [0.1, 0.15) is 16.1 Å². The minimum absolute atomic E-state index is 0.0902. The fraction of sp³-hybridized carbons (Fsp3) is 0.263. The van der Waals surface area contributed by atoms with E-state index in [1.54, 1.807) is 6.07 Å². The molecule has 1 fully saturated rings. The number of hydrogen-bond donors (Lipinski definition) is 0. The Hall–Kier alpha value is -1.86. The van der Waals surface area contributed by atoms with Crippen molar-refractivity contribution in [3.8, 4) is 10.6 Å². The smallest absolute Gasteiger partial charge is 0.276 e. The number of nitrogens with zero attached hydrogens (tertiary/aromatic N) is 3. The van der Waals surface area contributed by atoms with Crippen LogP contribution in [0.2, 0.25) is 10.0 Å². The van der Waals surface area contributed by atoms with E-state index in [1.165, 1.54) is 17.7 Å². The lowest BCUT2D eigenvalue weighted by molar-refractivity contribution is 0.0623. The van der Waals surface area contributed by atoms with E-state index in [4.69, 9.17) is 27.6 Å². The average molecular weight is 422 g/mol. The van der Waals surface area contributed by atoms with Crippen LogP contribution < -0.4 is 0 Å². The van der Waals surface area contributed by atoms with Gasteiger partial charge in [0.1, 0.15) is 0 Å². The molecule has 27 heavy (non-hydrogen) atoms. The minimum Gasteiger partial charge on any atom is -0.442 e. The van der Waals surface area contributed by atoms with Gasteiger partial charge in [0.15, 0.2) is 17.8 Å². The molecule has 8 heteroatoms. The van der Waals surface area contributed by atoms with Gasteiger partial charge in [0, 0.05) is 32.7 Å². The largest absolute Gasteiger partial charge is 0.442 e. The molecule has 4 rings (SSSR count). The lowest BCUT2D eigenvalue weighted by Crippen LogP contribution is -2.48. The first kappa shape index (κ1) is 18.5. The van der Waals surface area contributed by atoms with E-state index in [0.29, 0.717) is 41.1 Å². The van der Waals surface area contributed by atoms with Crippen molar-refractivity contribution < 1.29 is 9.21 Å². The first-order valence-corrected chi connectivity index (χ1v) is 10.2. The molecule has 0 bridgehead atoms. The average Bonchev–Trinajstić information content (AvgIpc) is 3.36. The third kappa shape index (κ3) is 3.89. The van der Waals surface area contributed by atoms with Crippen molar-refractivity contribution in [2.24, 2.45) is 0 Å². The summed E-state index contributed by atoms with van der Waals surface area (Å²) in [6.45, 7) is 3.51. The maximum absolute atomic E-state index is 12.9. The van der Waals surface area contributed by atoms with Gasteiger partial charge in [-0.3, -0.25) is 9.69 Å². The maximum atomic E-state index is 12.9. The molecule has 0 aliphatic carbocycles. The number of hydrogen-bond acceptors (Lipinski definition) is 5. The molecule has 0 atom stereocenters. The van der Waals surface area contributed by atoms with Crippen LogP contribution >= 0.6 is 34.5 Å². The summed E-state index contributed by atoms with van der Waals surface area (Å²) in [7, 11) is 0. The Kier molecular flexibility index (Phi) is 5.50. The van der Waals surface area contributed by atoms with Crippen molar-refractivity contribution in [3.05, 3.63) is 63.4 Å². The number of carbonyl (C=O) groups excluding carboxylic acids is 1. The summed E-state index contributed by atoms with van der Waals surface area (Å²) in [4.78, 5) is 22.1. The van der Waals surface area contributed by atoms with Crippen molar-refractivity contribution in [2.75, 3.05) is 26.2 Å². The number of oxazole rings is 1. The van der Waals surface area contributed by atoms with Gasteiger partial charge in [0.05, 0.1) is 14.9 Å². The molecular weight excluding hydrogens is 405 g/mol. The summed E-state index contributed by atoms with van der Waals surface area (Å²) in [5, 5.41) is 3.11. The summed E-state index contributed by atoms with van der Waals surface area (Å²) in [5.74, 6) is 0.454. The van der Waals surface area contributed by atoms with Gasteiger partial charge in [-0.15, -0.1) is 11.3 Å². The molecule has 2 aromatic heterocycles. The van der Waals surface area contributed by atoms with Crippen LogP contribution in [0.25, 0.3) is 10.6 Å². The summed E-state index contributed by atoms with van der Waals surface area (Å²) >= 11 is 13.9. The van der Waals surface area contributed by atoms with E-state index in [2.05, 4.69) is 9.88 Å². The topological polar surface area (TPSA) is 49.6 Å². The quantitative estimate of drug-likeness (QED) is 0.613. The highest BCUT2D eigenvalue weighted by Crippen LogP contribution is 2.29. The van der Waals surface area contributed by atoms with E-state index in [1.807, 2.05) is 34.5 Å². The highest BCUT2D eigenvalue weighted by Gasteiger charge is 2.27. The molecule has 1 amide bonds. The van der Waals surface area contributed by atoms with Crippen LogP contribution in [0.4, 0.5) is 0 Å². The third-order valence-electron chi connectivity index (χ3n) is 4.60. The van der Waals surface area contributed by atoms with Crippen LogP contribution in [0.15, 0.2) is 46.5 Å². The molecule has 0 unspecified atom stereocenters. The Labute approximate surface area is 171 Å². The summed E-state index contributed by atoms with van der Waals surface area (Å²) in [5.41, 5.74) is 1.38. The molecule has 0 N–H and O–H groups in total. The van der Waals surface area contributed by atoms with Gasteiger partial charge in [-0.05, 0) is 23.1 Å². The maximum Gasteiger partial charge on any atom is 0.276 e. The summed E-state index contributed by atoms with van der Waals surface area (Å²) < 4.78 is 5.46. The van der Waals surface area contributed by atoms with Crippen molar-refractivity contribution in [2.45, 2.75) is 6.54 Å². The Morgan fingerprint density at radius 3 is 2.70 bits per heavy atom. The molecule has 0 spiro atoms. The summed E-state index contributed by atoms with van der Waals surface area (Å²) in [6.07, 6.45) is 1.33. The Balaban J connectivity index is 1.40. The number of piperazine rings is 1. The predicted molar refractivity (Wildman–Crippen MR) is 107 cm³/mol. The van der Waals surface area contributed by atoms with Gasteiger partial charge >= 0.3 is 0 Å². The molecular formula is C19H17Cl2N3O2S. The molecule has 1 saturated heterocycles. The summed E-state index contributed by atoms with van der Waals surface area (Å²) in [6, 6.07) is 9.52. The minimum atomic E-state index is -0.0902. The van der Waals surface area contributed by atoms with Crippen LogP contribution in [0, 0.1) is 0 Å². The Morgan fingerprint density at radius 1 is 1.15 bits per heavy atom. The fourth-order valence-corrected chi connectivity index (χ4v) is 4.24. The molecule has 0 radical (unpaired) electrons. The monoisotopic (exact) mass is 421 g/mol. The second kappa shape index (κ2) is 8.02. The predicted octanol–water partition coefficient (Wildman–Crippen LogP) is 4.67. The molecule has 1 aliphatic rings. The van der Waals surface area contributed by atoms with Crippen molar-refractivity contribution in [1.29, 1.82) is 0 Å². The zero-order valence-corrected chi connectivity index (χ0v) is 16.7. The fourth-order valence-electron chi connectivity index (χ4n) is 3.15. The first-order chi connectivity index (χ1) is 13.1. The van der Waals surface area contributed by atoms with Gasteiger partial charge in [-0.2, -0.15) is 0 Å². The highest BCUT2D eigenvalue weighted by molar-refractivity contribution is 7.13. The highest BCUT2D eigenvalue weighted by atomic mass is 35.5. The number of thiophene rings is 1. The number of rotatable bonds is 4. The molecule has 0 saturated carbocycles. The van der Waals surface area contributed by atoms with E-state index in [9.17, 15) is 4.79 Å². The lowest BCUT2D eigenvalue weighted by atomic mass is 10.2. The Bertz CT molecular complexity index is 934. The zero-order valence-electron chi connectivity index (χ0n) is 14.4. The van der Waals surface area contributed by atoms with Crippen LogP contribution in [0.5, 0.6) is 0 Å². The molecule has 5 nitrogen and oxygen atoms in total. The second-order valence-electron chi connectivity index (χ2n) is 6.29. The molecule has 140 valence electrons. The molecule has 1 aromatic carbocycles. The number of amides is 1.